The monoisotopic (exact) mass is 175 g/mol. The molecule has 0 aliphatic rings. The molecule has 3 nitrogen and oxygen atoms in total. The van der Waals surface area contributed by atoms with Gasteiger partial charge in [0.1, 0.15) is 5.84 Å². The first-order chi connectivity index (χ1) is 6.24. The summed E-state index contributed by atoms with van der Waals surface area (Å²) in [5, 5.41) is 10.1. The van der Waals surface area contributed by atoms with Crippen LogP contribution in [0.15, 0.2) is 30.5 Å². The minimum Gasteiger partial charge on any atom is -0.394 e. The summed E-state index contributed by atoms with van der Waals surface area (Å²) in [6.07, 6.45) is 3.80. The van der Waals surface area contributed by atoms with E-state index in [0.717, 1.165) is 11.1 Å². The molecule has 0 radical (unpaired) electrons. The van der Waals surface area contributed by atoms with Crippen LogP contribution in [0.3, 0.4) is 0 Å². The number of nitrogens with one attached hydrogen (secondary N) is 2. The van der Waals surface area contributed by atoms with Crippen molar-refractivity contribution in [2.45, 2.75) is 0 Å². The van der Waals surface area contributed by atoms with Crippen LogP contribution in [-0.2, 0) is 0 Å². The number of hydrogen-bond donors (Lipinski definition) is 3. The molecule has 0 fully saturated rings. The Bertz CT molecular complexity index is 311. The Balaban J connectivity index is 2.81. The predicted octanol–water partition coefficient (Wildman–Crippen LogP) is 1.16. The van der Waals surface area contributed by atoms with Crippen molar-refractivity contribution < 1.29 is 0 Å². The zero-order valence-corrected chi connectivity index (χ0v) is 7.54. The van der Waals surface area contributed by atoms with E-state index < -0.39 is 0 Å². The van der Waals surface area contributed by atoms with Crippen molar-refractivity contribution in [2.75, 3.05) is 7.05 Å². The molecule has 0 heterocycles. The first-order valence-corrected chi connectivity index (χ1v) is 4.02. The molecule has 3 heteroatoms. The van der Waals surface area contributed by atoms with Gasteiger partial charge in [0.2, 0.25) is 0 Å². The fourth-order valence-corrected chi connectivity index (χ4v) is 0.953. The summed E-state index contributed by atoms with van der Waals surface area (Å²) in [6, 6.07) is 7.50. The molecule has 0 saturated heterocycles. The van der Waals surface area contributed by atoms with Gasteiger partial charge in [0.15, 0.2) is 0 Å². The van der Waals surface area contributed by atoms with Crippen LogP contribution in [-0.4, -0.2) is 12.9 Å². The quantitative estimate of drug-likeness (QED) is 0.477. The lowest BCUT2D eigenvalue weighted by atomic mass is 10.1. The normalized spacial score (nSPS) is 10.2. The van der Waals surface area contributed by atoms with Crippen LogP contribution in [0.5, 0.6) is 0 Å². The number of hydrogen-bond acceptors (Lipinski definition) is 2. The number of rotatable bonds is 3. The van der Waals surface area contributed by atoms with Crippen molar-refractivity contribution in [1.82, 2.24) is 5.32 Å². The van der Waals surface area contributed by atoms with Crippen LogP contribution in [0.4, 0.5) is 0 Å². The Morgan fingerprint density at radius 2 is 2.00 bits per heavy atom. The maximum atomic E-state index is 7.19. The third-order valence-electron chi connectivity index (χ3n) is 1.66. The minimum absolute atomic E-state index is 0.101. The van der Waals surface area contributed by atoms with E-state index >= 15 is 0 Å². The smallest absolute Gasteiger partial charge is 0.122 e. The van der Waals surface area contributed by atoms with Gasteiger partial charge < -0.3 is 11.1 Å². The zero-order chi connectivity index (χ0) is 9.68. The third kappa shape index (κ3) is 2.63. The molecule has 1 aromatic carbocycles. The molecule has 0 aliphatic carbocycles. The summed E-state index contributed by atoms with van der Waals surface area (Å²) in [5.74, 6) is 0.101. The van der Waals surface area contributed by atoms with Crippen LogP contribution in [0, 0.1) is 5.41 Å². The van der Waals surface area contributed by atoms with Gasteiger partial charge in [0.05, 0.1) is 0 Å². The highest BCUT2D eigenvalue weighted by molar-refractivity contribution is 5.95. The number of amidine groups is 1. The molecule has 0 aromatic heterocycles. The topological polar surface area (TPSA) is 61.9 Å². The summed E-state index contributed by atoms with van der Waals surface area (Å²) in [6.45, 7) is 0. The summed E-state index contributed by atoms with van der Waals surface area (Å²) < 4.78 is 0. The second-order valence-corrected chi connectivity index (χ2v) is 2.66. The fraction of sp³-hybridized carbons (Fsp3) is 0.100. The maximum absolute atomic E-state index is 7.19. The van der Waals surface area contributed by atoms with E-state index in [1.807, 2.05) is 43.6 Å². The molecule has 0 saturated carbocycles. The van der Waals surface area contributed by atoms with E-state index in [0.29, 0.717) is 0 Å². The summed E-state index contributed by atoms with van der Waals surface area (Å²) in [5.41, 5.74) is 7.15. The molecular formula is C10H13N3. The summed E-state index contributed by atoms with van der Waals surface area (Å²) in [4.78, 5) is 0. The van der Waals surface area contributed by atoms with E-state index in [1.54, 1.807) is 0 Å². The van der Waals surface area contributed by atoms with Crippen molar-refractivity contribution in [1.29, 1.82) is 5.41 Å². The highest BCUT2D eigenvalue weighted by Crippen LogP contribution is 2.04. The number of nitrogen functional groups attached to an aromatic ring is 1. The Morgan fingerprint density at radius 1 is 1.38 bits per heavy atom. The van der Waals surface area contributed by atoms with Gasteiger partial charge in [-0.1, -0.05) is 24.3 Å². The molecule has 1 rings (SSSR count). The zero-order valence-electron chi connectivity index (χ0n) is 7.54. The second-order valence-electron chi connectivity index (χ2n) is 2.66. The highest BCUT2D eigenvalue weighted by Gasteiger charge is 1.93. The third-order valence-corrected chi connectivity index (χ3v) is 1.66. The van der Waals surface area contributed by atoms with Crippen LogP contribution < -0.4 is 11.1 Å². The van der Waals surface area contributed by atoms with E-state index in [1.165, 1.54) is 0 Å². The van der Waals surface area contributed by atoms with Crippen molar-refractivity contribution in [3.63, 3.8) is 0 Å². The molecule has 0 aliphatic heterocycles. The first kappa shape index (κ1) is 9.32. The summed E-state index contributed by atoms with van der Waals surface area (Å²) in [7, 11) is 1.85. The second kappa shape index (κ2) is 4.30. The Morgan fingerprint density at radius 3 is 2.46 bits per heavy atom. The molecule has 0 spiro atoms. The van der Waals surface area contributed by atoms with E-state index in [4.69, 9.17) is 11.1 Å². The molecule has 0 bridgehead atoms. The van der Waals surface area contributed by atoms with Crippen LogP contribution in [0.1, 0.15) is 11.1 Å². The minimum atomic E-state index is 0.101. The average Bonchev–Trinajstić information content (AvgIpc) is 2.15. The van der Waals surface area contributed by atoms with Gasteiger partial charge >= 0.3 is 0 Å². The molecule has 0 atom stereocenters. The lowest BCUT2D eigenvalue weighted by Crippen LogP contribution is -2.10. The van der Waals surface area contributed by atoms with Gasteiger partial charge in [-0.15, -0.1) is 0 Å². The van der Waals surface area contributed by atoms with Gasteiger partial charge in [0, 0.05) is 12.6 Å². The highest BCUT2D eigenvalue weighted by atomic mass is 14.8. The lowest BCUT2D eigenvalue weighted by Gasteiger charge is -1.98. The molecule has 4 N–H and O–H groups in total. The Labute approximate surface area is 77.8 Å². The van der Waals surface area contributed by atoms with E-state index in [2.05, 4.69) is 5.32 Å². The van der Waals surface area contributed by atoms with Gasteiger partial charge in [-0.05, 0) is 17.8 Å². The van der Waals surface area contributed by atoms with Crippen molar-refractivity contribution in [3.05, 3.63) is 41.6 Å². The number of nitrogens with two attached hydrogens (primary N) is 1. The van der Waals surface area contributed by atoms with Crippen LogP contribution in [0.25, 0.3) is 6.08 Å². The SMILES string of the molecule is CN/C=C\c1ccc(C(=N)N)cc1. The average molecular weight is 175 g/mol. The van der Waals surface area contributed by atoms with Gasteiger partial charge in [-0.25, -0.2) is 0 Å². The lowest BCUT2D eigenvalue weighted by molar-refractivity contribution is 1.11. The van der Waals surface area contributed by atoms with E-state index in [9.17, 15) is 0 Å². The van der Waals surface area contributed by atoms with E-state index in [-0.39, 0.29) is 5.84 Å². The largest absolute Gasteiger partial charge is 0.394 e. The fourth-order valence-electron chi connectivity index (χ4n) is 0.953. The first-order valence-electron chi connectivity index (χ1n) is 4.02. The molecule has 13 heavy (non-hydrogen) atoms. The van der Waals surface area contributed by atoms with Gasteiger partial charge in [-0.2, -0.15) is 0 Å². The summed E-state index contributed by atoms with van der Waals surface area (Å²) >= 11 is 0. The molecule has 1 aromatic rings. The van der Waals surface area contributed by atoms with Crippen LogP contribution in [0.2, 0.25) is 0 Å². The standard InChI is InChI=1S/C10H13N3/c1-13-7-6-8-2-4-9(5-3-8)10(11)12/h2-7,13H,1H3,(H3,11,12)/b7-6-. The van der Waals surface area contributed by atoms with Crippen molar-refractivity contribution in [2.24, 2.45) is 5.73 Å². The number of benzene rings is 1. The molecule has 0 amide bonds. The molecule has 0 unspecified atom stereocenters. The van der Waals surface area contributed by atoms with Gasteiger partial charge in [0.25, 0.3) is 0 Å². The van der Waals surface area contributed by atoms with Crippen molar-refractivity contribution in [3.8, 4) is 0 Å². The predicted molar refractivity (Wildman–Crippen MR) is 55.6 cm³/mol. The maximum Gasteiger partial charge on any atom is 0.122 e. The Hall–Kier alpha value is -1.77. The van der Waals surface area contributed by atoms with Crippen LogP contribution >= 0.6 is 0 Å². The Kier molecular flexibility index (Phi) is 3.09. The van der Waals surface area contributed by atoms with Gasteiger partial charge in [-0.3, -0.25) is 5.41 Å². The molecule has 68 valence electrons. The van der Waals surface area contributed by atoms with Crippen molar-refractivity contribution >= 4 is 11.9 Å². The molecular weight excluding hydrogens is 162 g/mol.